The van der Waals surface area contributed by atoms with Crippen LogP contribution in [0.3, 0.4) is 0 Å². The lowest BCUT2D eigenvalue weighted by molar-refractivity contribution is -0.122. The van der Waals surface area contributed by atoms with Crippen LogP contribution >= 0.6 is 23.2 Å². The van der Waals surface area contributed by atoms with E-state index in [-0.39, 0.29) is 35.6 Å². The molecule has 1 aliphatic heterocycles. The summed E-state index contributed by atoms with van der Waals surface area (Å²) in [5.74, 6) is -1.07. The highest BCUT2D eigenvalue weighted by atomic mass is 35.5. The molecule has 3 rings (SSSR count). The highest BCUT2D eigenvalue weighted by molar-refractivity contribution is 6.44. The number of anilines is 2. The highest BCUT2D eigenvalue weighted by Gasteiger charge is 2.36. The maximum absolute atomic E-state index is 12.5. The van der Waals surface area contributed by atoms with Crippen molar-refractivity contribution in [2.24, 2.45) is 5.92 Å². The summed E-state index contributed by atoms with van der Waals surface area (Å²) < 4.78 is 0. The van der Waals surface area contributed by atoms with Crippen molar-refractivity contribution in [3.8, 4) is 0 Å². The van der Waals surface area contributed by atoms with Gasteiger partial charge in [-0.2, -0.15) is 0 Å². The molecule has 1 N–H and O–H groups in total. The monoisotopic (exact) mass is 390 g/mol. The van der Waals surface area contributed by atoms with Gasteiger partial charge < -0.3 is 10.2 Å². The minimum absolute atomic E-state index is 0.0843. The van der Waals surface area contributed by atoms with Crippen LogP contribution in [0, 0.1) is 5.92 Å². The van der Waals surface area contributed by atoms with E-state index in [4.69, 9.17) is 23.2 Å². The van der Waals surface area contributed by atoms with Crippen LogP contribution in [0.2, 0.25) is 10.0 Å². The van der Waals surface area contributed by atoms with E-state index in [0.717, 1.165) is 0 Å². The van der Waals surface area contributed by atoms with Crippen molar-refractivity contribution < 1.29 is 14.4 Å². The summed E-state index contributed by atoms with van der Waals surface area (Å²) >= 11 is 12.2. The highest BCUT2D eigenvalue weighted by Crippen LogP contribution is 2.35. The largest absolute Gasteiger partial charge is 0.326 e. The first-order chi connectivity index (χ1) is 12.4. The second-order valence-corrected chi connectivity index (χ2v) is 6.89. The van der Waals surface area contributed by atoms with Crippen molar-refractivity contribution in [2.45, 2.75) is 13.3 Å². The second-order valence-electron chi connectivity index (χ2n) is 6.10. The van der Waals surface area contributed by atoms with E-state index in [1.807, 2.05) is 0 Å². The Morgan fingerprint density at radius 3 is 2.62 bits per heavy atom. The van der Waals surface area contributed by atoms with Gasteiger partial charge in [0.1, 0.15) is 0 Å². The zero-order valence-electron chi connectivity index (χ0n) is 14.0. The molecular weight excluding hydrogens is 375 g/mol. The Kier molecular flexibility index (Phi) is 5.30. The molecule has 7 heteroatoms. The zero-order valence-corrected chi connectivity index (χ0v) is 15.5. The molecule has 5 nitrogen and oxygen atoms in total. The second kappa shape index (κ2) is 7.48. The van der Waals surface area contributed by atoms with Crippen LogP contribution < -0.4 is 10.2 Å². The van der Waals surface area contributed by atoms with Crippen LogP contribution in [0.5, 0.6) is 0 Å². The van der Waals surface area contributed by atoms with Gasteiger partial charge in [0.15, 0.2) is 5.78 Å². The van der Waals surface area contributed by atoms with Crippen molar-refractivity contribution >= 4 is 52.2 Å². The van der Waals surface area contributed by atoms with E-state index in [0.29, 0.717) is 22.0 Å². The van der Waals surface area contributed by atoms with E-state index in [2.05, 4.69) is 5.32 Å². The smallest absolute Gasteiger partial charge is 0.229 e. The third kappa shape index (κ3) is 3.74. The number of hydrogen-bond acceptors (Lipinski definition) is 3. The third-order valence-electron chi connectivity index (χ3n) is 4.25. The summed E-state index contributed by atoms with van der Waals surface area (Å²) in [5.41, 5.74) is 1.53. The fourth-order valence-corrected chi connectivity index (χ4v) is 3.27. The van der Waals surface area contributed by atoms with Crippen LogP contribution in [0.25, 0.3) is 0 Å². The number of rotatable bonds is 4. The van der Waals surface area contributed by atoms with Crippen LogP contribution in [-0.2, 0) is 9.59 Å². The number of ketones is 1. The lowest BCUT2D eigenvalue weighted by Crippen LogP contribution is -2.28. The number of halogens is 2. The van der Waals surface area contributed by atoms with Crippen LogP contribution in [0.4, 0.5) is 11.4 Å². The number of carbonyl (C=O) groups excluding carboxylic acids is 3. The Morgan fingerprint density at radius 1 is 1.15 bits per heavy atom. The summed E-state index contributed by atoms with van der Waals surface area (Å²) in [7, 11) is 0. The minimum Gasteiger partial charge on any atom is -0.326 e. The van der Waals surface area contributed by atoms with E-state index >= 15 is 0 Å². The molecular formula is C19H16Cl2N2O3. The van der Waals surface area contributed by atoms with Gasteiger partial charge in [-0.1, -0.05) is 41.4 Å². The van der Waals surface area contributed by atoms with Crippen LogP contribution in [-0.4, -0.2) is 24.1 Å². The van der Waals surface area contributed by atoms with Crippen molar-refractivity contribution in [1.29, 1.82) is 0 Å². The molecule has 2 aromatic rings. The molecule has 1 aliphatic rings. The summed E-state index contributed by atoms with van der Waals surface area (Å²) in [6.07, 6.45) is 0.0844. The molecule has 2 amide bonds. The first-order valence-electron chi connectivity index (χ1n) is 8.03. The molecule has 0 unspecified atom stereocenters. The van der Waals surface area contributed by atoms with Gasteiger partial charge in [0, 0.05) is 24.2 Å². The molecule has 134 valence electrons. The molecule has 1 saturated heterocycles. The fraction of sp³-hybridized carbons (Fsp3) is 0.211. The Labute approximate surface area is 160 Å². The Balaban J connectivity index is 1.74. The topological polar surface area (TPSA) is 66.5 Å². The summed E-state index contributed by atoms with van der Waals surface area (Å²) in [5, 5.41) is 3.41. The predicted octanol–water partition coefficient (Wildman–Crippen LogP) is 4.19. The number of nitrogens with zero attached hydrogens (tertiary/aromatic N) is 1. The number of carbonyl (C=O) groups is 3. The third-order valence-corrected chi connectivity index (χ3v) is 5.06. The van der Waals surface area contributed by atoms with Crippen molar-refractivity contribution in [3.63, 3.8) is 0 Å². The number of amides is 2. The number of benzene rings is 2. The molecule has 2 aromatic carbocycles. The van der Waals surface area contributed by atoms with Crippen molar-refractivity contribution in [1.82, 2.24) is 0 Å². The van der Waals surface area contributed by atoms with Gasteiger partial charge in [0.05, 0.1) is 21.7 Å². The van der Waals surface area contributed by atoms with Gasteiger partial charge in [0.2, 0.25) is 11.8 Å². The maximum Gasteiger partial charge on any atom is 0.229 e. The van der Waals surface area contributed by atoms with Crippen molar-refractivity contribution in [3.05, 3.63) is 58.1 Å². The summed E-state index contributed by atoms with van der Waals surface area (Å²) in [6.45, 7) is 1.68. The average Bonchev–Trinajstić information content (AvgIpc) is 2.99. The molecule has 1 fully saturated rings. The first kappa shape index (κ1) is 18.4. The normalized spacial score (nSPS) is 16.7. The molecule has 0 radical (unpaired) electrons. The van der Waals surface area contributed by atoms with Gasteiger partial charge in [0.25, 0.3) is 0 Å². The van der Waals surface area contributed by atoms with Crippen LogP contribution in [0.15, 0.2) is 42.5 Å². The van der Waals surface area contributed by atoms with Gasteiger partial charge in [-0.25, -0.2) is 0 Å². The minimum atomic E-state index is -0.515. The summed E-state index contributed by atoms with van der Waals surface area (Å²) in [6, 6.07) is 11.7. The molecule has 0 spiro atoms. The predicted molar refractivity (Wildman–Crippen MR) is 102 cm³/mol. The summed E-state index contributed by atoms with van der Waals surface area (Å²) in [4.78, 5) is 37.8. The fourth-order valence-electron chi connectivity index (χ4n) is 2.88. The lowest BCUT2D eigenvalue weighted by atomic mass is 10.1. The van der Waals surface area contributed by atoms with Gasteiger partial charge >= 0.3 is 0 Å². The van der Waals surface area contributed by atoms with Gasteiger partial charge in [-0.05, 0) is 31.2 Å². The molecule has 0 saturated carbocycles. The Morgan fingerprint density at radius 2 is 1.88 bits per heavy atom. The van der Waals surface area contributed by atoms with E-state index in [1.54, 1.807) is 42.5 Å². The zero-order chi connectivity index (χ0) is 18.8. The molecule has 0 aromatic heterocycles. The first-order valence-corrected chi connectivity index (χ1v) is 8.78. The molecule has 26 heavy (non-hydrogen) atoms. The maximum atomic E-state index is 12.5. The van der Waals surface area contributed by atoms with E-state index < -0.39 is 5.92 Å². The standard InChI is InChI=1S/C19H16Cl2N2O3/c1-11(24)12-4-2-5-14(8-12)22-19(26)13-9-17(25)23(10-13)16-7-3-6-15(20)18(16)21/h2-8,13H,9-10H2,1H3,(H,22,26)/t13-/m0/s1. The average molecular weight is 391 g/mol. The Bertz CT molecular complexity index is 898. The van der Waals surface area contributed by atoms with Crippen molar-refractivity contribution in [2.75, 3.05) is 16.8 Å². The molecule has 1 atom stereocenters. The van der Waals surface area contributed by atoms with Gasteiger partial charge in [-0.3, -0.25) is 14.4 Å². The molecule has 1 heterocycles. The van der Waals surface area contributed by atoms with Crippen LogP contribution in [0.1, 0.15) is 23.7 Å². The Hall–Kier alpha value is -2.37. The quantitative estimate of drug-likeness (QED) is 0.795. The number of Topliss-reactive ketones (excluding diaryl/α,β-unsaturated/α-hetero) is 1. The van der Waals surface area contributed by atoms with Gasteiger partial charge in [-0.15, -0.1) is 0 Å². The van der Waals surface area contributed by atoms with E-state index in [1.165, 1.54) is 11.8 Å². The lowest BCUT2D eigenvalue weighted by Gasteiger charge is -2.18. The number of hydrogen-bond donors (Lipinski definition) is 1. The molecule has 0 aliphatic carbocycles. The SMILES string of the molecule is CC(=O)c1cccc(NC(=O)[C@H]2CC(=O)N(c3cccc(Cl)c3Cl)C2)c1. The number of nitrogens with one attached hydrogen (secondary N) is 1. The van der Waals surface area contributed by atoms with E-state index in [9.17, 15) is 14.4 Å². The molecule has 0 bridgehead atoms.